The van der Waals surface area contributed by atoms with E-state index in [0.717, 1.165) is 17.7 Å². The second-order valence-electron chi connectivity index (χ2n) is 4.63. The van der Waals surface area contributed by atoms with Crippen LogP contribution in [-0.4, -0.2) is 12.5 Å². The van der Waals surface area contributed by atoms with Gasteiger partial charge in [0.05, 0.1) is 0 Å². The molecule has 110 valence electrons. The van der Waals surface area contributed by atoms with Crippen LogP contribution in [-0.2, 0) is 0 Å². The van der Waals surface area contributed by atoms with Crippen molar-refractivity contribution in [2.75, 3.05) is 11.4 Å². The van der Waals surface area contributed by atoms with E-state index in [9.17, 15) is 13.6 Å². The Bertz CT molecular complexity index is 665. The molecule has 2 aromatic carbocycles. The number of halogens is 3. The Morgan fingerprint density at radius 2 is 1.81 bits per heavy atom. The average Bonchev–Trinajstić information content (AvgIpc) is 2.38. The second-order valence-corrected chi connectivity index (χ2v) is 5.55. The van der Waals surface area contributed by atoms with Crippen molar-refractivity contribution in [3.8, 4) is 0 Å². The van der Waals surface area contributed by atoms with Gasteiger partial charge in [-0.1, -0.05) is 28.1 Å². The molecule has 0 bridgehead atoms. The maximum atomic E-state index is 13.9. The second kappa shape index (κ2) is 6.35. The predicted molar refractivity (Wildman–Crippen MR) is 82.6 cm³/mol. The molecule has 0 aliphatic heterocycles. The lowest BCUT2D eigenvalue weighted by Crippen LogP contribution is -2.32. The number of hydrogen-bond donors (Lipinski definition) is 0. The molecule has 0 unspecified atom stereocenters. The summed E-state index contributed by atoms with van der Waals surface area (Å²) in [4.78, 5) is 13.8. The number of anilines is 1. The monoisotopic (exact) mass is 353 g/mol. The summed E-state index contributed by atoms with van der Waals surface area (Å²) < 4.78 is 28.1. The third-order valence-corrected chi connectivity index (χ3v) is 3.55. The Morgan fingerprint density at radius 3 is 2.33 bits per heavy atom. The topological polar surface area (TPSA) is 20.3 Å². The van der Waals surface area contributed by atoms with Crippen LogP contribution in [0.5, 0.6) is 0 Å². The van der Waals surface area contributed by atoms with Gasteiger partial charge in [0.1, 0.15) is 17.2 Å². The molecule has 0 heterocycles. The maximum Gasteiger partial charge on any atom is 0.264 e. The number of hydrogen-bond acceptors (Lipinski definition) is 1. The van der Waals surface area contributed by atoms with Gasteiger partial charge in [0.2, 0.25) is 0 Å². The standard InChI is InChI=1S/C16H14BrF2NO/c1-3-20(12-6-4-5-10(2)7-12)16(21)15-13(18)8-11(17)9-14(15)19/h4-9H,3H2,1-2H3. The zero-order valence-corrected chi connectivity index (χ0v) is 13.2. The van der Waals surface area contributed by atoms with Crippen LogP contribution < -0.4 is 4.90 Å². The molecule has 2 nitrogen and oxygen atoms in total. The SMILES string of the molecule is CCN(C(=O)c1c(F)cc(Br)cc1F)c1cccc(C)c1. The lowest BCUT2D eigenvalue weighted by atomic mass is 10.1. The van der Waals surface area contributed by atoms with Crippen LogP contribution in [0, 0.1) is 18.6 Å². The van der Waals surface area contributed by atoms with E-state index in [4.69, 9.17) is 0 Å². The summed E-state index contributed by atoms with van der Waals surface area (Å²) in [5.74, 6) is -2.44. The Balaban J connectivity index is 2.47. The predicted octanol–water partition coefficient (Wildman–Crippen LogP) is 4.70. The van der Waals surface area contributed by atoms with E-state index in [1.54, 1.807) is 25.1 Å². The molecule has 21 heavy (non-hydrogen) atoms. The van der Waals surface area contributed by atoms with Crippen LogP contribution in [0.1, 0.15) is 22.8 Å². The van der Waals surface area contributed by atoms with Gasteiger partial charge in [-0.15, -0.1) is 0 Å². The molecule has 1 amide bonds. The summed E-state index contributed by atoms with van der Waals surface area (Å²) in [6.07, 6.45) is 0. The highest BCUT2D eigenvalue weighted by Gasteiger charge is 2.24. The van der Waals surface area contributed by atoms with Crippen molar-refractivity contribution in [2.45, 2.75) is 13.8 Å². The summed E-state index contributed by atoms with van der Waals surface area (Å²) in [5.41, 5.74) is 1.04. The number of carbonyl (C=O) groups is 1. The minimum Gasteiger partial charge on any atom is -0.308 e. The van der Waals surface area contributed by atoms with Gasteiger partial charge in [0.15, 0.2) is 0 Å². The molecule has 0 aliphatic carbocycles. The molecular weight excluding hydrogens is 340 g/mol. The fourth-order valence-corrected chi connectivity index (χ4v) is 2.52. The van der Waals surface area contributed by atoms with Gasteiger partial charge in [-0.2, -0.15) is 0 Å². The van der Waals surface area contributed by atoms with Gasteiger partial charge in [0, 0.05) is 16.7 Å². The normalized spacial score (nSPS) is 10.5. The molecule has 0 fully saturated rings. The van der Waals surface area contributed by atoms with Crippen molar-refractivity contribution in [1.82, 2.24) is 0 Å². The molecule has 0 spiro atoms. The van der Waals surface area contributed by atoms with Gasteiger partial charge in [-0.3, -0.25) is 4.79 Å². The van der Waals surface area contributed by atoms with E-state index in [1.165, 1.54) is 4.90 Å². The zero-order valence-electron chi connectivity index (χ0n) is 11.7. The van der Waals surface area contributed by atoms with E-state index in [0.29, 0.717) is 12.2 Å². The summed E-state index contributed by atoms with van der Waals surface area (Å²) in [7, 11) is 0. The van der Waals surface area contributed by atoms with E-state index >= 15 is 0 Å². The van der Waals surface area contributed by atoms with Crippen LogP contribution in [0.3, 0.4) is 0 Å². The largest absolute Gasteiger partial charge is 0.308 e. The van der Waals surface area contributed by atoms with E-state index < -0.39 is 23.1 Å². The summed E-state index contributed by atoms with van der Waals surface area (Å²) in [6.45, 7) is 3.97. The van der Waals surface area contributed by atoms with E-state index in [1.807, 2.05) is 13.0 Å². The van der Waals surface area contributed by atoms with E-state index in [-0.39, 0.29) is 4.47 Å². The van der Waals surface area contributed by atoms with Crippen LogP contribution >= 0.6 is 15.9 Å². The zero-order chi connectivity index (χ0) is 15.6. The molecular formula is C16H14BrF2NO. The molecule has 0 aromatic heterocycles. The Labute approximate surface area is 130 Å². The highest BCUT2D eigenvalue weighted by molar-refractivity contribution is 9.10. The van der Waals surface area contributed by atoms with Crippen LogP contribution in [0.15, 0.2) is 40.9 Å². The summed E-state index contributed by atoms with van der Waals surface area (Å²) >= 11 is 3.00. The van der Waals surface area contributed by atoms with Gasteiger partial charge in [0.25, 0.3) is 5.91 Å². The minimum absolute atomic E-state index is 0.257. The first kappa shape index (κ1) is 15.6. The molecule has 0 saturated heterocycles. The number of nitrogens with zero attached hydrogens (tertiary/aromatic N) is 1. The highest BCUT2D eigenvalue weighted by atomic mass is 79.9. The number of carbonyl (C=O) groups excluding carboxylic acids is 1. The molecule has 5 heteroatoms. The summed E-state index contributed by atoms with van der Waals surface area (Å²) in [6, 6.07) is 9.40. The smallest absolute Gasteiger partial charge is 0.264 e. The third-order valence-electron chi connectivity index (χ3n) is 3.10. The van der Waals surface area contributed by atoms with Gasteiger partial charge >= 0.3 is 0 Å². The third kappa shape index (κ3) is 3.29. The Morgan fingerprint density at radius 1 is 1.19 bits per heavy atom. The number of amides is 1. The first-order valence-electron chi connectivity index (χ1n) is 6.47. The van der Waals surface area contributed by atoms with Crippen molar-refractivity contribution in [1.29, 1.82) is 0 Å². The summed E-state index contributed by atoms with van der Waals surface area (Å²) in [5, 5.41) is 0. The van der Waals surface area contributed by atoms with Crippen LogP contribution in [0.4, 0.5) is 14.5 Å². The molecule has 0 aliphatic rings. The lowest BCUT2D eigenvalue weighted by Gasteiger charge is -2.22. The van der Waals surface area contributed by atoms with Gasteiger partial charge in [-0.05, 0) is 43.7 Å². The number of aryl methyl sites for hydroxylation is 1. The van der Waals surface area contributed by atoms with Crippen molar-refractivity contribution < 1.29 is 13.6 Å². The lowest BCUT2D eigenvalue weighted by molar-refractivity contribution is 0.0980. The number of benzene rings is 2. The molecule has 0 N–H and O–H groups in total. The van der Waals surface area contributed by atoms with Crippen molar-refractivity contribution in [3.05, 3.63) is 63.6 Å². The Hall–Kier alpha value is -1.75. The fourth-order valence-electron chi connectivity index (χ4n) is 2.12. The number of rotatable bonds is 3. The Kier molecular flexibility index (Phi) is 4.73. The molecule has 2 rings (SSSR count). The minimum atomic E-state index is -0.877. The quantitative estimate of drug-likeness (QED) is 0.782. The van der Waals surface area contributed by atoms with Crippen molar-refractivity contribution in [3.63, 3.8) is 0 Å². The van der Waals surface area contributed by atoms with Gasteiger partial charge < -0.3 is 4.90 Å². The van der Waals surface area contributed by atoms with Crippen molar-refractivity contribution in [2.24, 2.45) is 0 Å². The highest BCUT2D eigenvalue weighted by Crippen LogP contribution is 2.24. The van der Waals surface area contributed by atoms with E-state index in [2.05, 4.69) is 15.9 Å². The molecule has 0 saturated carbocycles. The first-order chi connectivity index (χ1) is 9.93. The van der Waals surface area contributed by atoms with Crippen molar-refractivity contribution >= 4 is 27.5 Å². The first-order valence-corrected chi connectivity index (χ1v) is 7.26. The average molecular weight is 354 g/mol. The van der Waals surface area contributed by atoms with Crippen LogP contribution in [0.2, 0.25) is 0 Å². The fraction of sp³-hybridized carbons (Fsp3) is 0.188. The maximum absolute atomic E-state index is 13.9. The van der Waals surface area contributed by atoms with Crippen LogP contribution in [0.25, 0.3) is 0 Å². The molecule has 0 atom stereocenters. The molecule has 0 radical (unpaired) electrons. The molecule has 2 aromatic rings. The van der Waals surface area contributed by atoms with Gasteiger partial charge in [-0.25, -0.2) is 8.78 Å².